The van der Waals surface area contributed by atoms with E-state index in [-0.39, 0.29) is 17.9 Å². The van der Waals surface area contributed by atoms with Crippen LogP contribution in [-0.2, 0) is 9.53 Å². The number of aromatic nitrogens is 2. The van der Waals surface area contributed by atoms with Gasteiger partial charge in [0.15, 0.2) is 0 Å². The molecule has 2 amide bonds. The Hall–Kier alpha value is -3.00. The van der Waals surface area contributed by atoms with Crippen molar-refractivity contribution in [1.29, 1.82) is 0 Å². The van der Waals surface area contributed by atoms with E-state index in [9.17, 15) is 9.59 Å². The molecule has 2 atom stereocenters. The van der Waals surface area contributed by atoms with Gasteiger partial charge in [0.25, 0.3) is 5.91 Å². The van der Waals surface area contributed by atoms with Gasteiger partial charge < -0.3 is 19.7 Å². The number of pyridine rings is 2. The molecule has 8 heteroatoms. The normalized spacial score (nSPS) is 18.9. The Morgan fingerprint density at radius 2 is 2.15 bits per heavy atom. The first-order valence-corrected chi connectivity index (χ1v) is 8.74. The molecule has 1 aliphatic rings. The lowest BCUT2D eigenvalue weighted by Crippen LogP contribution is -2.46. The molecule has 2 aromatic rings. The zero-order valence-electron chi connectivity index (χ0n) is 15.1. The number of amides is 2. The highest BCUT2D eigenvalue weighted by Crippen LogP contribution is 2.24. The zero-order valence-corrected chi connectivity index (χ0v) is 15.1. The van der Waals surface area contributed by atoms with Crippen molar-refractivity contribution in [3.05, 3.63) is 54.6 Å². The summed E-state index contributed by atoms with van der Waals surface area (Å²) in [5, 5.41) is 2.80. The maximum atomic E-state index is 12.9. The number of nitrogens with one attached hydrogen (secondary N) is 1. The van der Waals surface area contributed by atoms with E-state index in [1.807, 2.05) is 0 Å². The van der Waals surface area contributed by atoms with Crippen molar-refractivity contribution in [2.75, 3.05) is 26.8 Å². The number of ether oxygens (including phenoxy) is 2. The fourth-order valence-electron chi connectivity index (χ4n) is 3.00. The van der Waals surface area contributed by atoms with Crippen molar-refractivity contribution >= 4 is 11.8 Å². The Balaban J connectivity index is 1.74. The number of hydrogen-bond donors (Lipinski definition) is 1. The van der Waals surface area contributed by atoms with Crippen molar-refractivity contribution in [1.82, 2.24) is 20.2 Å². The van der Waals surface area contributed by atoms with E-state index in [1.165, 1.54) is 4.90 Å². The SMILES string of the molecule is COCCNC(=O)[C@@H]1C[C@H](Oc2cccnc2)CN1C(=O)c1ccccn1. The summed E-state index contributed by atoms with van der Waals surface area (Å²) in [6.07, 6.45) is 4.91. The van der Waals surface area contributed by atoms with E-state index >= 15 is 0 Å². The Bertz CT molecular complexity index is 757. The highest BCUT2D eigenvalue weighted by molar-refractivity contribution is 5.96. The Morgan fingerprint density at radius 1 is 1.26 bits per heavy atom. The van der Waals surface area contributed by atoms with Crippen LogP contribution in [0.4, 0.5) is 0 Å². The largest absolute Gasteiger partial charge is 0.487 e. The molecule has 2 aromatic heterocycles. The van der Waals surface area contributed by atoms with Gasteiger partial charge in [-0.25, -0.2) is 0 Å². The third-order valence-corrected chi connectivity index (χ3v) is 4.25. The summed E-state index contributed by atoms with van der Waals surface area (Å²) in [4.78, 5) is 35.1. The number of methoxy groups -OCH3 is 1. The number of carbonyl (C=O) groups excluding carboxylic acids is 2. The summed E-state index contributed by atoms with van der Waals surface area (Å²) < 4.78 is 10.9. The van der Waals surface area contributed by atoms with E-state index in [0.29, 0.717) is 37.6 Å². The molecule has 0 bridgehead atoms. The predicted octanol–water partition coefficient (Wildman–Crippen LogP) is 0.901. The minimum Gasteiger partial charge on any atom is -0.487 e. The second kappa shape index (κ2) is 9.09. The monoisotopic (exact) mass is 370 g/mol. The average Bonchev–Trinajstić information content (AvgIpc) is 3.13. The van der Waals surface area contributed by atoms with E-state index in [2.05, 4.69) is 15.3 Å². The van der Waals surface area contributed by atoms with Gasteiger partial charge in [0.05, 0.1) is 19.3 Å². The van der Waals surface area contributed by atoms with Gasteiger partial charge in [-0.15, -0.1) is 0 Å². The van der Waals surface area contributed by atoms with Crippen LogP contribution in [0, 0.1) is 0 Å². The molecule has 1 aliphatic heterocycles. The smallest absolute Gasteiger partial charge is 0.273 e. The van der Waals surface area contributed by atoms with Crippen LogP contribution < -0.4 is 10.1 Å². The first kappa shape index (κ1) is 18.8. The zero-order chi connectivity index (χ0) is 19.1. The maximum Gasteiger partial charge on any atom is 0.273 e. The summed E-state index contributed by atoms with van der Waals surface area (Å²) in [6.45, 7) is 1.08. The van der Waals surface area contributed by atoms with Crippen molar-refractivity contribution < 1.29 is 19.1 Å². The molecular formula is C19H22N4O4. The number of hydrogen-bond acceptors (Lipinski definition) is 6. The van der Waals surface area contributed by atoms with Crippen LogP contribution in [0.15, 0.2) is 48.9 Å². The summed E-state index contributed by atoms with van der Waals surface area (Å²) >= 11 is 0. The van der Waals surface area contributed by atoms with Gasteiger partial charge >= 0.3 is 0 Å². The Morgan fingerprint density at radius 3 is 2.85 bits per heavy atom. The first-order chi connectivity index (χ1) is 13.2. The van der Waals surface area contributed by atoms with Crippen molar-refractivity contribution in [2.24, 2.45) is 0 Å². The summed E-state index contributed by atoms with van der Waals surface area (Å²) in [5.41, 5.74) is 0.300. The molecule has 142 valence electrons. The van der Waals surface area contributed by atoms with Crippen LogP contribution in [0.1, 0.15) is 16.9 Å². The van der Waals surface area contributed by atoms with E-state index in [0.717, 1.165) is 0 Å². The minimum atomic E-state index is -0.627. The first-order valence-electron chi connectivity index (χ1n) is 8.74. The third kappa shape index (κ3) is 4.79. The van der Waals surface area contributed by atoms with Gasteiger partial charge in [-0.1, -0.05) is 6.07 Å². The van der Waals surface area contributed by atoms with E-state index in [4.69, 9.17) is 9.47 Å². The van der Waals surface area contributed by atoms with Gasteiger partial charge in [-0.05, 0) is 24.3 Å². The van der Waals surface area contributed by atoms with Crippen LogP contribution >= 0.6 is 0 Å². The number of likely N-dealkylation sites (tertiary alicyclic amines) is 1. The van der Waals surface area contributed by atoms with Gasteiger partial charge in [-0.2, -0.15) is 0 Å². The standard InChI is InChI=1S/C19H22N4O4/c1-26-10-9-22-18(24)17-11-15(27-14-5-4-7-20-12-14)13-23(17)19(25)16-6-2-3-8-21-16/h2-8,12,15,17H,9-11,13H2,1H3,(H,22,24)/t15-,17-/m0/s1. The molecule has 0 aromatic carbocycles. The summed E-state index contributed by atoms with van der Waals surface area (Å²) in [7, 11) is 1.57. The second-order valence-corrected chi connectivity index (χ2v) is 6.14. The number of carbonyl (C=O) groups is 2. The van der Waals surface area contributed by atoms with Crippen molar-refractivity contribution in [3.8, 4) is 5.75 Å². The molecule has 1 saturated heterocycles. The molecular weight excluding hydrogens is 348 g/mol. The quantitative estimate of drug-likeness (QED) is 0.728. The fourth-order valence-corrected chi connectivity index (χ4v) is 3.00. The lowest BCUT2D eigenvalue weighted by molar-refractivity contribution is -0.125. The topological polar surface area (TPSA) is 93.7 Å². The van der Waals surface area contributed by atoms with Gasteiger partial charge in [0, 0.05) is 32.5 Å². The summed E-state index contributed by atoms with van der Waals surface area (Å²) in [6, 6.07) is 8.06. The highest BCUT2D eigenvalue weighted by Gasteiger charge is 2.41. The van der Waals surface area contributed by atoms with Crippen molar-refractivity contribution in [2.45, 2.75) is 18.6 Å². The lowest BCUT2D eigenvalue weighted by atomic mass is 10.1. The van der Waals surface area contributed by atoms with E-state index < -0.39 is 6.04 Å². The van der Waals surface area contributed by atoms with Crippen LogP contribution in [0.3, 0.4) is 0 Å². The molecule has 1 fully saturated rings. The highest BCUT2D eigenvalue weighted by atomic mass is 16.5. The molecule has 0 radical (unpaired) electrons. The molecule has 3 rings (SSSR count). The summed E-state index contributed by atoms with van der Waals surface area (Å²) in [5.74, 6) is 0.0848. The van der Waals surface area contributed by atoms with Crippen LogP contribution in [0.25, 0.3) is 0 Å². The van der Waals surface area contributed by atoms with Crippen LogP contribution in [0.2, 0.25) is 0 Å². The number of nitrogens with zero attached hydrogens (tertiary/aromatic N) is 3. The second-order valence-electron chi connectivity index (χ2n) is 6.14. The lowest BCUT2D eigenvalue weighted by Gasteiger charge is -2.23. The molecule has 0 unspecified atom stereocenters. The molecule has 0 spiro atoms. The molecule has 0 saturated carbocycles. The molecule has 27 heavy (non-hydrogen) atoms. The average molecular weight is 370 g/mol. The van der Waals surface area contributed by atoms with Crippen LogP contribution in [0.5, 0.6) is 5.75 Å². The van der Waals surface area contributed by atoms with Gasteiger partial charge in [-0.3, -0.25) is 19.6 Å². The minimum absolute atomic E-state index is 0.228. The van der Waals surface area contributed by atoms with Crippen molar-refractivity contribution in [3.63, 3.8) is 0 Å². The number of rotatable bonds is 7. The molecule has 8 nitrogen and oxygen atoms in total. The maximum absolute atomic E-state index is 12.9. The Labute approximate surface area is 157 Å². The predicted molar refractivity (Wildman–Crippen MR) is 97.2 cm³/mol. The fraction of sp³-hybridized carbons (Fsp3) is 0.368. The Kier molecular flexibility index (Phi) is 6.32. The van der Waals surface area contributed by atoms with Gasteiger partial charge in [0.2, 0.25) is 5.91 Å². The van der Waals surface area contributed by atoms with Gasteiger partial charge in [0.1, 0.15) is 23.6 Å². The molecule has 0 aliphatic carbocycles. The van der Waals surface area contributed by atoms with E-state index in [1.54, 1.807) is 56.0 Å². The molecule has 3 heterocycles. The third-order valence-electron chi connectivity index (χ3n) is 4.25. The molecule has 1 N–H and O–H groups in total. The van der Waals surface area contributed by atoms with Crippen LogP contribution in [-0.4, -0.2) is 65.6 Å².